The van der Waals surface area contributed by atoms with E-state index in [2.05, 4.69) is 37.2 Å². The van der Waals surface area contributed by atoms with E-state index in [9.17, 15) is 9.59 Å². The summed E-state index contributed by atoms with van der Waals surface area (Å²) in [5.74, 6) is -0.307. The van der Waals surface area contributed by atoms with E-state index in [-0.39, 0.29) is 10.7 Å². The number of anilines is 1. The first-order valence-corrected chi connectivity index (χ1v) is 12.0. The summed E-state index contributed by atoms with van der Waals surface area (Å²) in [7, 11) is 0. The molecule has 0 saturated carbocycles. The molecule has 3 aromatic rings. The minimum atomic E-state index is -0.519. The number of halogens is 2. The topological polar surface area (TPSA) is 58.6 Å². The van der Waals surface area contributed by atoms with Crippen LogP contribution in [0.3, 0.4) is 0 Å². The highest BCUT2D eigenvalue weighted by atomic mass is 79.9. The Kier molecular flexibility index (Phi) is 7.07. The summed E-state index contributed by atoms with van der Waals surface area (Å²) < 4.78 is 7.80. The Hall–Kier alpha value is -2.81. The van der Waals surface area contributed by atoms with Crippen molar-refractivity contribution in [2.75, 3.05) is 4.90 Å². The molecule has 0 aliphatic carbocycles. The van der Waals surface area contributed by atoms with E-state index in [4.69, 9.17) is 17.0 Å². The first-order chi connectivity index (χ1) is 15.8. The maximum Gasteiger partial charge on any atom is 0.270 e. The van der Waals surface area contributed by atoms with Crippen molar-refractivity contribution in [3.63, 3.8) is 0 Å². The van der Waals surface area contributed by atoms with Crippen LogP contribution in [-0.2, 0) is 16.2 Å². The number of hydrogen-bond donors (Lipinski definition) is 1. The number of ether oxygens (including phenoxy) is 1. The molecule has 1 saturated heterocycles. The Morgan fingerprint density at radius 3 is 2.48 bits per heavy atom. The van der Waals surface area contributed by atoms with Gasteiger partial charge in [-0.15, -0.1) is 0 Å². The van der Waals surface area contributed by atoms with E-state index in [0.717, 1.165) is 20.1 Å². The predicted molar refractivity (Wildman–Crippen MR) is 140 cm³/mol. The fourth-order valence-corrected chi connectivity index (χ4v) is 4.73. The zero-order valence-electron chi connectivity index (χ0n) is 17.5. The summed E-state index contributed by atoms with van der Waals surface area (Å²) in [5.41, 5.74) is 3.32. The van der Waals surface area contributed by atoms with E-state index < -0.39 is 11.8 Å². The largest absolute Gasteiger partial charge is 0.489 e. The molecule has 4 rings (SSSR count). The molecule has 0 atom stereocenters. The van der Waals surface area contributed by atoms with Gasteiger partial charge in [-0.2, -0.15) is 0 Å². The third-order valence-corrected chi connectivity index (χ3v) is 6.48. The van der Waals surface area contributed by atoms with E-state index in [1.54, 1.807) is 36.4 Å². The van der Waals surface area contributed by atoms with E-state index >= 15 is 0 Å². The SMILES string of the molecule is Cc1cccc(N2C(=O)/C(=C/c3ccc(OCc4ccc(Br)cc4Br)cc3)C(=O)NC2=S)c1. The summed E-state index contributed by atoms with van der Waals surface area (Å²) in [5, 5.41) is 2.67. The number of amides is 2. The van der Waals surface area contributed by atoms with Crippen molar-refractivity contribution in [1.82, 2.24) is 5.32 Å². The van der Waals surface area contributed by atoms with Gasteiger partial charge in [0.1, 0.15) is 17.9 Å². The zero-order valence-corrected chi connectivity index (χ0v) is 21.5. The molecule has 1 aliphatic rings. The molecular formula is C25H18Br2N2O3S. The molecule has 0 aromatic heterocycles. The molecule has 8 heteroatoms. The third kappa shape index (κ3) is 5.40. The molecule has 0 spiro atoms. The van der Waals surface area contributed by atoms with Gasteiger partial charge in [0.05, 0.1) is 5.69 Å². The summed E-state index contributed by atoms with van der Waals surface area (Å²) in [6.07, 6.45) is 1.55. The lowest BCUT2D eigenvalue weighted by molar-refractivity contribution is -0.122. The first-order valence-electron chi connectivity index (χ1n) is 9.97. The van der Waals surface area contributed by atoms with E-state index in [0.29, 0.717) is 23.6 Å². The minimum absolute atomic E-state index is 0.0116. The molecule has 0 bridgehead atoms. The van der Waals surface area contributed by atoms with Gasteiger partial charge in [0.2, 0.25) is 0 Å². The van der Waals surface area contributed by atoms with E-state index in [1.165, 1.54) is 4.90 Å². The summed E-state index contributed by atoms with van der Waals surface area (Å²) >= 11 is 12.2. The summed E-state index contributed by atoms with van der Waals surface area (Å²) in [6.45, 7) is 2.33. The zero-order chi connectivity index (χ0) is 23.5. The number of carbonyl (C=O) groups is 2. The van der Waals surface area contributed by atoms with Crippen molar-refractivity contribution in [1.29, 1.82) is 0 Å². The van der Waals surface area contributed by atoms with Crippen molar-refractivity contribution < 1.29 is 14.3 Å². The number of thiocarbonyl (C=S) groups is 1. The molecule has 1 fully saturated rings. The van der Waals surface area contributed by atoms with Crippen LogP contribution in [0, 0.1) is 6.92 Å². The highest BCUT2D eigenvalue weighted by molar-refractivity contribution is 9.11. The fourth-order valence-electron chi connectivity index (χ4n) is 3.29. The maximum absolute atomic E-state index is 13.1. The lowest BCUT2D eigenvalue weighted by Gasteiger charge is -2.29. The Morgan fingerprint density at radius 1 is 1.03 bits per heavy atom. The molecule has 0 radical (unpaired) electrons. The second-order valence-corrected chi connectivity index (χ2v) is 9.55. The predicted octanol–water partition coefficient (Wildman–Crippen LogP) is 5.93. The van der Waals surface area contributed by atoms with Crippen molar-refractivity contribution in [3.8, 4) is 5.75 Å². The maximum atomic E-state index is 13.1. The van der Waals surface area contributed by atoms with Crippen LogP contribution in [-0.4, -0.2) is 16.9 Å². The number of aryl methyl sites for hydroxylation is 1. The van der Waals surface area contributed by atoms with Gasteiger partial charge in [0, 0.05) is 14.5 Å². The molecule has 5 nitrogen and oxygen atoms in total. The highest BCUT2D eigenvalue weighted by Crippen LogP contribution is 2.25. The monoisotopic (exact) mass is 584 g/mol. The molecule has 1 aliphatic heterocycles. The van der Waals surface area contributed by atoms with Crippen molar-refractivity contribution in [2.24, 2.45) is 0 Å². The van der Waals surface area contributed by atoms with Gasteiger partial charge in [0.25, 0.3) is 11.8 Å². The van der Waals surface area contributed by atoms with Crippen LogP contribution >= 0.6 is 44.1 Å². The lowest BCUT2D eigenvalue weighted by Crippen LogP contribution is -2.54. The molecule has 1 N–H and O–H groups in total. The fraction of sp³-hybridized carbons (Fsp3) is 0.0800. The first kappa shape index (κ1) is 23.4. The molecular weight excluding hydrogens is 568 g/mol. The van der Waals surface area contributed by atoms with Crippen molar-refractivity contribution in [2.45, 2.75) is 13.5 Å². The molecule has 3 aromatic carbocycles. The molecule has 33 heavy (non-hydrogen) atoms. The van der Waals surface area contributed by atoms with Gasteiger partial charge < -0.3 is 4.74 Å². The van der Waals surface area contributed by atoms with Gasteiger partial charge in [-0.1, -0.05) is 62.2 Å². The van der Waals surface area contributed by atoms with Crippen LogP contribution < -0.4 is 15.0 Å². The Labute approximate surface area is 213 Å². The van der Waals surface area contributed by atoms with Crippen LogP contribution in [0.1, 0.15) is 16.7 Å². The van der Waals surface area contributed by atoms with E-state index in [1.807, 2.05) is 43.3 Å². The number of rotatable bonds is 5. The van der Waals surface area contributed by atoms with Gasteiger partial charge in [-0.05, 0) is 72.7 Å². The van der Waals surface area contributed by atoms with Crippen LogP contribution in [0.25, 0.3) is 6.08 Å². The smallest absolute Gasteiger partial charge is 0.270 e. The number of hydrogen-bond acceptors (Lipinski definition) is 4. The normalized spacial score (nSPS) is 15.1. The third-order valence-electron chi connectivity index (χ3n) is 4.96. The number of carbonyl (C=O) groups excluding carboxylic acids is 2. The van der Waals surface area contributed by atoms with Crippen molar-refractivity contribution in [3.05, 3.63) is 97.9 Å². The Morgan fingerprint density at radius 2 is 1.79 bits per heavy atom. The second-order valence-electron chi connectivity index (χ2n) is 7.39. The van der Waals surface area contributed by atoms with Crippen LogP contribution in [0.15, 0.2) is 81.2 Å². The number of nitrogens with zero attached hydrogens (tertiary/aromatic N) is 1. The number of nitrogens with one attached hydrogen (secondary N) is 1. The number of benzene rings is 3. The minimum Gasteiger partial charge on any atom is -0.489 e. The second kappa shape index (κ2) is 9.99. The van der Waals surface area contributed by atoms with Crippen LogP contribution in [0.4, 0.5) is 5.69 Å². The average molecular weight is 586 g/mol. The van der Waals surface area contributed by atoms with Crippen LogP contribution in [0.5, 0.6) is 5.75 Å². The van der Waals surface area contributed by atoms with Crippen molar-refractivity contribution >= 4 is 72.8 Å². The lowest BCUT2D eigenvalue weighted by atomic mass is 10.1. The van der Waals surface area contributed by atoms with Gasteiger partial charge in [-0.3, -0.25) is 19.8 Å². The van der Waals surface area contributed by atoms with Gasteiger partial charge >= 0.3 is 0 Å². The summed E-state index contributed by atoms with van der Waals surface area (Å²) in [6, 6.07) is 20.5. The van der Waals surface area contributed by atoms with Crippen LogP contribution in [0.2, 0.25) is 0 Å². The average Bonchev–Trinajstić information content (AvgIpc) is 2.77. The molecule has 1 heterocycles. The standard InChI is InChI=1S/C25H18Br2N2O3S/c1-15-3-2-4-19(11-15)29-24(31)21(23(30)28-25(29)33)12-16-5-9-20(10-6-16)32-14-17-7-8-18(26)13-22(17)27/h2-13H,14H2,1H3,(H,28,30,33)/b21-12+. The Balaban J connectivity index is 1.52. The van der Waals surface area contributed by atoms with Gasteiger partial charge in [0.15, 0.2) is 5.11 Å². The summed E-state index contributed by atoms with van der Waals surface area (Å²) in [4.78, 5) is 27.0. The van der Waals surface area contributed by atoms with Gasteiger partial charge in [-0.25, -0.2) is 0 Å². The molecule has 166 valence electrons. The Bertz CT molecular complexity index is 1290. The highest BCUT2D eigenvalue weighted by Gasteiger charge is 2.34. The molecule has 0 unspecified atom stereocenters. The molecule has 2 amide bonds. The quantitative estimate of drug-likeness (QED) is 0.229.